The lowest BCUT2D eigenvalue weighted by Crippen LogP contribution is -2.17. The van der Waals surface area contributed by atoms with Crippen LogP contribution in [-0.4, -0.2) is 20.7 Å². The number of aromatic nitrogens is 3. The first-order valence-electron chi connectivity index (χ1n) is 6.66. The van der Waals surface area contributed by atoms with Crippen molar-refractivity contribution in [2.75, 3.05) is 5.32 Å². The molecule has 0 aliphatic carbocycles. The van der Waals surface area contributed by atoms with Crippen molar-refractivity contribution in [2.45, 2.75) is 19.9 Å². The van der Waals surface area contributed by atoms with Crippen LogP contribution in [-0.2, 0) is 0 Å². The van der Waals surface area contributed by atoms with Gasteiger partial charge in [-0.2, -0.15) is 5.10 Å². The van der Waals surface area contributed by atoms with Crippen LogP contribution in [0, 0.1) is 0 Å². The molecule has 1 aromatic carbocycles. The molecule has 6 heteroatoms. The first-order chi connectivity index (χ1) is 10.0. The van der Waals surface area contributed by atoms with E-state index in [4.69, 9.17) is 0 Å². The summed E-state index contributed by atoms with van der Waals surface area (Å²) >= 11 is 3.42. The van der Waals surface area contributed by atoms with Crippen molar-refractivity contribution in [3.8, 4) is 0 Å². The number of nitrogens with zero attached hydrogens (tertiary/aromatic N) is 2. The predicted molar refractivity (Wildman–Crippen MR) is 86.6 cm³/mol. The van der Waals surface area contributed by atoms with Gasteiger partial charge in [0, 0.05) is 27.8 Å². The molecule has 0 atom stereocenters. The van der Waals surface area contributed by atoms with E-state index < -0.39 is 0 Å². The van der Waals surface area contributed by atoms with E-state index in [0.717, 1.165) is 21.1 Å². The number of carbonyl (C=O) groups excluding carboxylic acids is 1. The third kappa shape index (κ3) is 2.71. The van der Waals surface area contributed by atoms with Crippen molar-refractivity contribution in [3.05, 3.63) is 46.8 Å². The van der Waals surface area contributed by atoms with Gasteiger partial charge in [0.1, 0.15) is 5.69 Å². The number of hydrogen-bond acceptors (Lipinski definition) is 2. The van der Waals surface area contributed by atoms with Crippen LogP contribution in [0.3, 0.4) is 0 Å². The number of anilines is 1. The van der Waals surface area contributed by atoms with Gasteiger partial charge in [-0.05, 0) is 54.0 Å². The number of fused-ring (bicyclic) bond motifs is 1. The summed E-state index contributed by atoms with van der Waals surface area (Å²) in [6.07, 6.45) is 3.67. The molecule has 3 rings (SSSR count). The Balaban J connectivity index is 1.88. The number of aromatic amines is 1. The fourth-order valence-electron chi connectivity index (χ4n) is 2.26. The fraction of sp³-hybridized carbons (Fsp3) is 0.200. The Kier molecular flexibility index (Phi) is 3.55. The monoisotopic (exact) mass is 346 g/mol. The summed E-state index contributed by atoms with van der Waals surface area (Å²) in [6, 6.07) is 7.70. The summed E-state index contributed by atoms with van der Waals surface area (Å²) in [6.45, 7) is 4.08. The summed E-state index contributed by atoms with van der Waals surface area (Å²) in [7, 11) is 0. The van der Waals surface area contributed by atoms with E-state index >= 15 is 0 Å². The minimum Gasteiger partial charge on any atom is -0.340 e. The highest BCUT2D eigenvalue weighted by Crippen LogP contribution is 2.22. The van der Waals surface area contributed by atoms with Gasteiger partial charge in [0.25, 0.3) is 5.91 Å². The number of amides is 1. The zero-order chi connectivity index (χ0) is 15.0. The van der Waals surface area contributed by atoms with Crippen LogP contribution >= 0.6 is 15.9 Å². The van der Waals surface area contributed by atoms with E-state index in [2.05, 4.69) is 31.4 Å². The van der Waals surface area contributed by atoms with Crippen molar-refractivity contribution >= 4 is 38.4 Å². The van der Waals surface area contributed by atoms with Gasteiger partial charge in [-0.15, -0.1) is 0 Å². The minimum absolute atomic E-state index is 0.131. The fourth-order valence-corrected chi connectivity index (χ4v) is 2.70. The van der Waals surface area contributed by atoms with E-state index in [1.807, 2.05) is 48.9 Å². The standard InChI is InChI=1S/C15H15BrN4O/c1-9(2)20-8-11(16)5-14(20)15(21)18-12-4-3-10-7-17-19-13(10)6-12/h3-9H,1-2H3,(H,17,19)(H,18,21). The van der Waals surface area contributed by atoms with Gasteiger partial charge in [-0.25, -0.2) is 0 Å². The highest BCUT2D eigenvalue weighted by atomic mass is 79.9. The van der Waals surface area contributed by atoms with Crippen LogP contribution in [0.15, 0.2) is 41.1 Å². The second-order valence-electron chi connectivity index (χ2n) is 5.17. The maximum atomic E-state index is 12.4. The molecule has 1 amide bonds. The first-order valence-corrected chi connectivity index (χ1v) is 7.46. The molecule has 0 aliphatic rings. The molecular weight excluding hydrogens is 332 g/mol. The lowest BCUT2D eigenvalue weighted by atomic mass is 10.2. The molecule has 108 valence electrons. The maximum absolute atomic E-state index is 12.4. The second kappa shape index (κ2) is 5.37. The van der Waals surface area contributed by atoms with Crippen LogP contribution in [0.4, 0.5) is 5.69 Å². The predicted octanol–water partition coefficient (Wildman–Crippen LogP) is 3.96. The number of hydrogen-bond donors (Lipinski definition) is 2. The summed E-state index contributed by atoms with van der Waals surface area (Å²) in [5, 5.41) is 10.8. The molecule has 2 N–H and O–H groups in total. The Bertz CT molecular complexity index is 803. The average Bonchev–Trinajstić information content (AvgIpc) is 3.04. The quantitative estimate of drug-likeness (QED) is 0.753. The highest BCUT2D eigenvalue weighted by molar-refractivity contribution is 9.10. The molecule has 5 nitrogen and oxygen atoms in total. The summed E-state index contributed by atoms with van der Waals surface area (Å²) in [5.41, 5.74) is 2.26. The molecule has 0 spiro atoms. The van der Waals surface area contributed by atoms with E-state index in [1.54, 1.807) is 6.20 Å². The van der Waals surface area contributed by atoms with E-state index in [0.29, 0.717) is 5.69 Å². The van der Waals surface area contributed by atoms with Crippen molar-refractivity contribution < 1.29 is 4.79 Å². The highest BCUT2D eigenvalue weighted by Gasteiger charge is 2.15. The van der Waals surface area contributed by atoms with Crippen LogP contribution in [0.2, 0.25) is 0 Å². The van der Waals surface area contributed by atoms with Gasteiger partial charge < -0.3 is 9.88 Å². The third-order valence-electron chi connectivity index (χ3n) is 3.30. The molecule has 21 heavy (non-hydrogen) atoms. The molecule has 0 unspecified atom stereocenters. The lowest BCUT2D eigenvalue weighted by Gasteiger charge is -2.12. The summed E-state index contributed by atoms with van der Waals surface area (Å²) in [4.78, 5) is 12.4. The number of halogens is 1. The van der Waals surface area contributed by atoms with Crippen LogP contribution in [0.25, 0.3) is 10.9 Å². The molecular formula is C15H15BrN4O. The molecule has 0 fully saturated rings. The van der Waals surface area contributed by atoms with Gasteiger partial charge in [0.05, 0.1) is 11.7 Å². The summed E-state index contributed by atoms with van der Waals surface area (Å²) in [5.74, 6) is -0.131. The number of nitrogens with one attached hydrogen (secondary N) is 2. The van der Waals surface area contributed by atoms with Gasteiger partial charge in [0.2, 0.25) is 0 Å². The Morgan fingerprint density at radius 3 is 2.95 bits per heavy atom. The minimum atomic E-state index is -0.131. The van der Waals surface area contributed by atoms with Crippen molar-refractivity contribution in [1.29, 1.82) is 0 Å². The second-order valence-corrected chi connectivity index (χ2v) is 6.09. The van der Waals surface area contributed by atoms with Crippen molar-refractivity contribution in [2.24, 2.45) is 0 Å². The Morgan fingerprint density at radius 1 is 1.38 bits per heavy atom. The van der Waals surface area contributed by atoms with Crippen LogP contribution in [0.1, 0.15) is 30.4 Å². The third-order valence-corrected chi connectivity index (χ3v) is 3.74. The van der Waals surface area contributed by atoms with Gasteiger partial charge in [-0.3, -0.25) is 9.89 Å². The Hall–Kier alpha value is -2.08. The van der Waals surface area contributed by atoms with Gasteiger partial charge >= 0.3 is 0 Å². The normalized spacial score (nSPS) is 11.2. The van der Waals surface area contributed by atoms with E-state index in [-0.39, 0.29) is 11.9 Å². The molecule has 0 radical (unpaired) electrons. The van der Waals surface area contributed by atoms with Gasteiger partial charge in [-0.1, -0.05) is 0 Å². The van der Waals surface area contributed by atoms with Crippen LogP contribution < -0.4 is 5.32 Å². The molecule has 0 saturated heterocycles. The largest absolute Gasteiger partial charge is 0.340 e. The van der Waals surface area contributed by atoms with Crippen LogP contribution in [0.5, 0.6) is 0 Å². The Morgan fingerprint density at radius 2 is 2.19 bits per heavy atom. The molecule has 3 aromatic rings. The smallest absolute Gasteiger partial charge is 0.272 e. The van der Waals surface area contributed by atoms with Crippen molar-refractivity contribution in [1.82, 2.24) is 14.8 Å². The number of benzene rings is 1. The SMILES string of the molecule is CC(C)n1cc(Br)cc1C(=O)Nc1ccc2cn[nH]c2c1. The maximum Gasteiger partial charge on any atom is 0.272 e. The number of carbonyl (C=O) groups is 1. The molecule has 0 saturated carbocycles. The topological polar surface area (TPSA) is 62.7 Å². The van der Waals surface area contributed by atoms with E-state index in [9.17, 15) is 4.79 Å². The van der Waals surface area contributed by atoms with Crippen molar-refractivity contribution in [3.63, 3.8) is 0 Å². The number of rotatable bonds is 3. The Labute approximate surface area is 130 Å². The first kappa shape index (κ1) is 13.9. The molecule has 0 bridgehead atoms. The molecule has 0 aliphatic heterocycles. The zero-order valence-corrected chi connectivity index (χ0v) is 13.3. The molecule has 2 aromatic heterocycles. The summed E-state index contributed by atoms with van der Waals surface area (Å²) < 4.78 is 2.83. The molecule has 2 heterocycles. The number of H-pyrrole nitrogens is 1. The van der Waals surface area contributed by atoms with Gasteiger partial charge in [0.15, 0.2) is 0 Å². The zero-order valence-electron chi connectivity index (χ0n) is 11.7. The lowest BCUT2D eigenvalue weighted by molar-refractivity contribution is 0.101. The van der Waals surface area contributed by atoms with E-state index in [1.165, 1.54) is 0 Å². The average molecular weight is 347 g/mol.